The summed E-state index contributed by atoms with van der Waals surface area (Å²) in [5, 5.41) is 6.68. The van der Waals surface area contributed by atoms with Crippen LogP contribution in [0.5, 0.6) is 0 Å². The van der Waals surface area contributed by atoms with Gasteiger partial charge < -0.3 is 20.4 Å². The molecule has 1 saturated carbocycles. The van der Waals surface area contributed by atoms with Crippen LogP contribution in [-0.2, 0) is 16.1 Å². The van der Waals surface area contributed by atoms with Crippen molar-refractivity contribution in [1.82, 2.24) is 15.5 Å². The Labute approximate surface area is 173 Å². The third-order valence-electron chi connectivity index (χ3n) is 6.02. The first-order valence-electron chi connectivity index (χ1n) is 10.5. The highest BCUT2D eigenvalue weighted by Crippen LogP contribution is 2.38. The average Bonchev–Trinajstić information content (AvgIpc) is 3.38. The molecule has 1 heterocycles. The molecule has 3 rings (SSSR count). The quantitative estimate of drug-likeness (QED) is 0.568. The van der Waals surface area contributed by atoms with Crippen LogP contribution in [0.1, 0.15) is 44.1 Å². The lowest BCUT2D eigenvalue weighted by atomic mass is 9.84. The van der Waals surface area contributed by atoms with E-state index in [1.807, 2.05) is 43.3 Å². The van der Waals surface area contributed by atoms with Gasteiger partial charge in [0, 0.05) is 52.9 Å². The molecule has 0 atom stereocenters. The van der Waals surface area contributed by atoms with Crippen LogP contribution < -0.4 is 15.5 Å². The molecule has 0 spiro atoms. The van der Waals surface area contributed by atoms with Gasteiger partial charge in [-0.3, -0.25) is 14.6 Å². The Hall–Kier alpha value is -2.57. The largest absolute Gasteiger partial charge is 0.355 e. The summed E-state index contributed by atoms with van der Waals surface area (Å²) in [6, 6.07) is 8.07. The standard InChI is InChI=1S/C22H33N5O2/c1-23-21(25-16-22(12-4-5-13-22)20(29)26(2)3)24-15-17-8-10-18(11-9-17)27-14-6-7-19(27)28/h8-11H,4-7,12-16H2,1-3H3,(H2,23,24,25). The molecule has 0 bridgehead atoms. The summed E-state index contributed by atoms with van der Waals surface area (Å²) < 4.78 is 0. The highest BCUT2D eigenvalue weighted by Gasteiger charge is 2.42. The summed E-state index contributed by atoms with van der Waals surface area (Å²) in [5.41, 5.74) is 1.75. The van der Waals surface area contributed by atoms with Crippen molar-refractivity contribution < 1.29 is 9.59 Å². The molecule has 1 aromatic rings. The Morgan fingerprint density at radius 2 is 1.83 bits per heavy atom. The Morgan fingerprint density at radius 3 is 2.38 bits per heavy atom. The smallest absolute Gasteiger partial charge is 0.230 e. The van der Waals surface area contributed by atoms with Crippen LogP contribution in [0, 0.1) is 5.41 Å². The summed E-state index contributed by atoms with van der Waals surface area (Å²) in [4.78, 5) is 32.4. The van der Waals surface area contributed by atoms with Crippen LogP contribution in [0.2, 0.25) is 0 Å². The predicted molar refractivity (Wildman–Crippen MR) is 116 cm³/mol. The van der Waals surface area contributed by atoms with Gasteiger partial charge in [-0.1, -0.05) is 25.0 Å². The fourth-order valence-corrected chi connectivity index (χ4v) is 4.37. The summed E-state index contributed by atoms with van der Waals surface area (Å²) in [5.74, 6) is 1.10. The molecule has 0 aromatic heterocycles. The van der Waals surface area contributed by atoms with Crippen molar-refractivity contribution in [2.45, 2.75) is 45.1 Å². The summed E-state index contributed by atoms with van der Waals surface area (Å²) in [7, 11) is 5.40. The second-order valence-corrected chi connectivity index (χ2v) is 8.28. The van der Waals surface area contributed by atoms with Crippen LogP contribution in [-0.4, -0.2) is 56.9 Å². The fraction of sp³-hybridized carbons (Fsp3) is 0.591. The first kappa shape index (κ1) is 21.1. The van der Waals surface area contributed by atoms with Gasteiger partial charge >= 0.3 is 0 Å². The molecule has 2 fully saturated rings. The molecule has 2 aliphatic rings. The maximum atomic E-state index is 12.7. The molecular weight excluding hydrogens is 366 g/mol. The number of rotatable bonds is 6. The monoisotopic (exact) mass is 399 g/mol. The van der Waals surface area contributed by atoms with E-state index < -0.39 is 0 Å². The molecule has 2 amide bonds. The SMILES string of the molecule is CN=C(NCc1ccc(N2CCCC2=O)cc1)NCC1(C(=O)N(C)C)CCCC1. The van der Waals surface area contributed by atoms with Gasteiger partial charge in [-0.25, -0.2) is 0 Å². The topological polar surface area (TPSA) is 77.0 Å². The molecule has 1 saturated heterocycles. The first-order valence-corrected chi connectivity index (χ1v) is 10.5. The van der Waals surface area contributed by atoms with Gasteiger partial charge in [-0.15, -0.1) is 0 Å². The molecule has 0 unspecified atom stereocenters. The maximum Gasteiger partial charge on any atom is 0.230 e. The van der Waals surface area contributed by atoms with Crippen LogP contribution >= 0.6 is 0 Å². The van der Waals surface area contributed by atoms with Gasteiger partial charge in [-0.2, -0.15) is 0 Å². The van der Waals surface area contributed by atoms with Crippen LogP contribution in [0.3, 0.4) is 0 Å². The van der Waals surface area contributed by atoms with Crippen molar-refractivity contribution >= 4 is 23.5 Å². The van der Waals surface area contributed by atoms with Crippen molar-refractivity contribution in [2.75, 3.05) is 39.1 Å². The number of benzene rings is 1. The lowest BCUT2D eigenvalue weighted by Gasteiger charge is -2.31. The van der Waals surface area contributed by atoms with E-state index in [4.69, 9.17) is 0 Å². The normalized spacial score (nSPS) is 18.8. The molecule has 1 aliphatic heterocycles. The van der Waals surface area contributed by atoms with Crippen LogP contribution in [0.25, 0.3) is 0 Å². The van der Waals surface area contributed by atoms with Crippen molar-refractivity contribution in [3.05, 3.63) is 29.8 Å². The van der Waals surface area contributed by atoms with Gasteiger partial charge in [0.1, 0.15) is 0 Å². The highest BCUT2D eigenvalue weighted by molar-refractivity contribution is 5.95. The van der Waals surface area contributed by atoms with E-state index in [2.05, 4.69) is 15.6 Å². The third-order valence-corrected chi connectivity index (χ3v) is 6.02. The third kappa shape index (κ3) is 4.89. The molecular formula is C22H33N5O2. The van der Waals surface area contributed by atoms with E-state index in [1.54, 1.807) is 11.9 Å². The van der Waals surface area contributed by atoms with E-state index in [0.29, 0.717) is 25.5 Å². The van der Waals surface area contributed by atoms with Gasteiger partial charge in [0.2, 0.25) is 11.8 Å². The lowest BCUT2D eigenvalue weighted by molar-refractivity contribution is -0.138. The first-order chi connectivity index (χ1) is 13.9. The molecule has 2 N–H and O–H groups in total. The zero-order valence-electron chi connectivity index (χ0n) is 17.8. The summed E-state index contributed by atoms with van der Waals surface area (Å²) in [6.07, 6.45) is 5.61. The van der Waals surface area contributed by atoms with Crippen molar-refractivity contribution in [2.24, 2.45) is 10.4 Å². The fourth-order valence-electron chi connectivity index (χ4n) is 4.37. The number of amides is 2. The Morgan fingerprint density at radius 1 is 1.14 bits per heavy atom. The molecule has 29 heavy (non-hydrogen) atoms. The zero-order chi connectivity index (χ0) is 20.9. The van der Waals surface area contributed by atoms with Gasteiger partial charge in [0.15, 0.2) is 5.96 Å². The minimum absolute atomic E-state index is 0.199. The average molecular weight is 400 g/mol. The minimum atomic E-state index is -0.328. The van der Waals surface area contributed by atoms with E-state index >= 15 is 0 Å². The van der Waals surface area contributed by atoms with Gasteiger partial charge in [-0.05, 0) is 37.0 Å². The Kier molecular flexibility index (Phi) is 6.77. The number of hydrogen-bond donors (Lipinski definition) is 2. The molecule has 158 valence electrons. The predicted octanol–water partition coefficient (Wildman–Crippen LogP) is 2.13. The summed E-state index contributed by atoms with van der Waals surface area (Å²) >= 11 is 0. The number of carbonyl (C=O) groups excluding carboxylic acids is 2. The lowest BCUT2D eigenvalue weighted by Crippen LogP contribution is -2.49. The number of aliphatic imine (C=N–C) groups is 1. The van der Waals surface area contributed by atoms with E-state index in [-0.39, 0.29) is 17.2 Å². The summed E-state index contributed by atoms with van der Waals surface area (Å²) in [6.45, 7) is 2.03. The number of guanidine groups is 1. The molecule has 1 aromatic carbocycles. The van der Waals surface area contributed by atoms with Crippen molar-refractivity contribution in [3.8, 4) is 0 Å². The Bertz CT molecular complexity index is 751. The number of carbonyl (C=O) groups is 2. The Balaban J connectivity index is 1.54. The second-order valence-electron chi connectivity index (χ2n) is 8.28. The number of anilines is 1. The van der Waals surface area contributed by atoms with E-state index in [0.717, 1.165) is 49.9 Å². The second kappa shape index (κ2) is 9.29. The molecule has 7 heteroatoms. The van der Waals surface area contributed by atoms with Crippen LogP contribution in [0.15, 0.2) is 29.3 Å². The number of nitrogens with one attached hydrogen (secondary N) is 2. The van der Waals surface area contributed by atoms with Crippen molar-refractivity contribution in [3.63, 3.8) is 0 Å². The van der Waals surface area contributed by atoms with E-state index in [9.17, 15) is 9.59 Å². The van der Waals surface area contributed by atoms with E-state index in [1.165, 1.54) is 0 Å². The molecule has 7 nitrogen and oxygen atoms in total. The number of hydrogen-bond acceptors (Lipinski definition) is 3. The van der Waals surface area contributed by atoms with Crippen molar-refractivity contribution in [1.29, 1.82) is 0 Å². The maximum absolute atomic E-state index is 12.7. The number of nitrogens with zero attached hydrogens (tertiary/aromatic N) is 3. The van der Waals surface area contributed by atoms with Gasteiger partial charge in [0.05, 0.1) is 5.41 Å². The zero-order valence-corrected chi connectivity index (χ0v) is 17.8. The van der Waals surface area contributed by atoms with Gasteiger partial charge in [0.25, 0.3) is 0 Å². The van der Waals surface area contributed by atoms with Crippen LogP contribution in [0.4, 0.5) is 5.69 Å². The minimum Gasteiger partial charge on any atom is -0.355 e. The molecule has 1 aliphatic carbocycles. The molecule has 0 radical (unpaired) electrons. The highest BCUT2D eigenvalue weighted by atomic mass is 16.2.